The number of para-hydroxylation sites is 1. The van der Waals surface area contributed by atoms with Crippen molar-refractivity contribution in [2.24, 2.45) is 0 Å². The molecule has 1 heterocycles. The van der Waals surface area contributed by atoms with Crippen LogP contribution in [-0.2, 0) is 4.74 Å². The van der Waals surface area contributed by atoms with Crippen LogP contribution in [-0.4, -0.2) is 22.8 Å². The third kappa shape index (κ3) is 1.88. The molecule has 2 atom stereocenters. The molecule has 0 amide bonds. The molecule has 1 aromatic carbocycles. The first-order valence-corrected chi connectivity index (χ1v) is 6.91. The number of nitrogens with one attached hydrogen (secondary N) is 1. The number of hydrogen-bond acceptors (Lipinski definition) is 2. The summed E-state index contributed by atoms with van der Waals surface area (Å²) < 4.78 is 8.37. The van der Waals surface area contributed by atoms with Crippen molar-refractivity contribution in [3.05, 3.63) is 28.0 Å². The summed E-state index contributed by atoms with van der Waals surface area (Å²) in [5.41, 5.74) is 2.03. The molecule has 96 valence electrons. The molecule has 0 bridgehead atoms. The van der Waals surface area contributed by atoms with E-state index in [0.29, 0.717) is 12.1 Å². The van der Waals surface area contributed by atoms with Gasteiger partial charge in [-0.1, -0.05) is 17.7 Å². The summed E-state index contributed by atoms with van der Waals surface area (Å²) in [6.45, 7) is 0. The molecule has 18 heavy (non-hydrogen) atoms. The van der Waals surface area contributed by atoms with Crippen LogP contribution in [0.2, 0.25) is 5.02 Å². The predicted octanol–water partition coefficient (Wildman–Crippen LogP) is 4.09. The van der Waals surface area contributed by atoms with Crippen molar-refractivity contribution in [3.8, 4) is 0 Å². The monoisotopic (exact) mass is 282 g/mol. The van der Waals surface area contributed by atoms with Crippen molar-refractivity contribution in [2.75, 3.05) is 7.11 Å². The van der Waals surface area contributed by atoms with Crippen molar-refractivity contribution in [1.29, 1.82) is 0 Å². The molecule has 1 aromatic heterocycles. The van der Waals surface area contributed by atoms with Gasteiger partial charge >= 0.3 is 0 Å². The lowest BCUT2D eigenvalue weighted by Gasteiger charge is -2.13. The van der Waals surface area contributed by atoms with Gasteiger partial charge in [0, 0.05) is 13.2 Å². The zero-order valence-corrected chi connectivity index (χ0v) is 11.7. The number of fused-ring (bicyclic) bond motifs is 1. The van der Waals surface area contributed by atoms with Gasteiger partial charge in [-0.3, -0.25) is 0 Å². The molecule has 3 nitrogen and oxygen atoms in total. The molecule has 3 rings (SSSR count). The predicted molar refractivity (Wildman–Crippen MR) is 75.8 cm³/mol. The zero-order valence-electron chi connectivity index (χ0n) is 10.1. The second-order valence-corrected chi connectivity index (χ2v) is 5.55. The number of H-pyrrole nitrogens is 1. The minimum absolute atomic E-state index is 0.348. The number of halogens is 1. The first-order valence-electron chi connectivity index (χ1n) is 6.12. The first kappa shape index (κ1) is 12.2. The van der Waals surface area contributed by atoms with Gasteiger partial charge in [0.05, 0.1) is 22.2 Å². The van der Waals surface area contributed by atoms with Crippen molar-refractivity contribution < 1.29 is 4.74 Å². The molecular formula is C13H15ClN2OS. The highest BCUT2D eigenvalue weighted by molar-refractivity contribution is 7.71. The molecule has 2 aromatic rings. The Balaban J connectivity index is 2.10. The number of aromatic amines is 1. The number of nitrogens with zero attached hydrogens (tertiary/aromatic N) is 1. The van der Waals surface area contributed by atoms with Crippen molar-refractivity contribution >= 4 is 34.9 Å². The van der Waals surface area contributed by atoms with Crippen LogP contribution in [0.1, 0.15) is 25.3 Å². The maximum absolute atomic E-state index is 6.19. The van der Waals surface area contributed by atoms with E-state index in [4.69, 9.17) is 28.6 Å². The van der Waals surface area contributed by atoms with Crippen LogP contribution in [0.25, 0.3) is 11.0 Å². The molecule has 1 N–H and O–H groups in total. The van der Waals surface area contributed by atoms with Gasteiger partial charge < -0.3 is 14.3 Å². The highest BCUT2D eigenvalue weighted by atomic mass is 35.5. The molecule has 1 aliphatic rings. The van der Waals surface area contributed by atoms with Gasteiger partial charge in [-0.2, -0.15) is 0 Å². The van der Waals surface area contributed by atoms with Crippen LogP contribution in [0.15, 0.2) is 18.2 Å². The summed E-state index contributed by atoms with van der Waals surface area (Å²) in [7, 11) is 1.78. The maximum atomic E-state index is 6.19. The summed E-state index contributed by atoms with van der Waals surface area (Å²) in [4.78, 5) is 3.21. The highest BCUT2D eigenvalue weighted by Gasteiger charge is 2.27. The Morgan fingerprint density at radius 3 is 3.00 bits per heavy atom. The lowest BCUT2D eigenvalue weighted by atomic mass is 10.2. The molecule has 5 heteroatoms. The van der Waals surface area contributed by atoms with E-state index >= 15 is 0 Å². The van der Waals surface area contributed by atoms with E-state index in [9.17, 15) is 0 Å². The fraction of sp³-hybridized carbons (Fsp3) is 0.462. The van der Waals surface area contributed by atoms with Crippen LogP contribution in [0.4, 0.5) is 0 Å². The quantitative estimate of drug-likeness (QED) is 0.841. The van der Waals surface area contributed by atoms with Crippen LogP contribution in [0.3, 0.4) is 0 Å². The molecule has 1 aliphatic carbocycles. The standard InChI is InChI=1S/C13H15ClN2OS/c1-17-9-6-5-8(7-9)16-11-4-2-3-10(14)12(11)15-13(16)18/h2-4,8-9H,5-7H2,1H3,(H,15,18). The average molecular weight is 283 g/mol. The number of ether oxygens (including phenoxy) is 1. The van der Waals surface area contributed by atoms with Crippen molar-refractivity contribution in [2.45, 2.75) is 31.4 Å². The third-order valence-electron chi connectivity index (χ3n) is 3.76. The lowest BCUT2D eigenvalue weighted by Crippen LogP contribution is -2.08. The van der Waals surface area contributed by atoms with Gasteiger partial charge in [-0.25, -0.2) is 0 Å². The summed E-state index contributed by atoms with van der Waals surface area (Å²) >= 11 is 11.6. The van der Waals surface area contributed by atoms with E-state index in [1.807, 2.05) is 12.1 Å². The summed E-state index contributed by atoms with van der Waals surface area (Å²) in [6.07, 6.45) is 3.56. The first-order chi connectivity index (χ1) is 8.70. The number of rotatable bonds is 2. The highest BCUT2D eigenvalue weighted by Crippen LogP contribution is 2.35. The molecule has 0 aliphatic heterocycles. The molecule has 0 radical (unpaired) electrons. The average Bonchev–Trinajstić information content (AvgIpc) is 2.93. The van der Waals surface area contributed by atoms with E-state index < -0.39 is 0 Å². The van der Waals surface area contributed by atoms with Gasteiger partial charge in [-0.15, -0.1) is 0 Å². The largest absolute Gasteiger partial charge is 0.381 e. The van der Waals surface area contributed by atoms with E-state index in [-0.39, 0.29) is 0 Å². The topological polar surface area (TPSA) is 29.9 Å². The number of benzene rings is 1. The molecule has 0 saturated heterocycles. The smallest absolute Gasteiger partial charge is 0.178 e. The SMILES string of the molecule is COC1CCC(n2c(=S)[nH]c3c(Cl)cccc32)C1. The number of methoxy groups -OCH3 is 1. The van der Waals surface area contributed by atoms with E-state index in [0.717, 1.165) is 40.1 Å². The zero-order chi connectivity index (χ0) is 12.7. The fourth-order valence-electron chi connectivity index (χ4n) is 2.84. The second-order valence-electron chi connectivity index (χ2n) is 4.76. The third-order valence-corrected chi connectivity index (χ3v) is 4.37. The van der Waals surface area contributed by atoms with E-state index in [1.165, 1.54) is 0 Å². The van der Waals surface area contributed by atoms with Crippen LogP contribution < -0.4 is 0 Å². The summed E-state index contributed by atoms with van der Waals surface area (Å²) in [5.74, 6) is 0. The van der Waals surface area contributed by atoms with Crippen LogP contribution in [0.5, 0.6) is 0 Å². The van der Waals surface area contributed by atoms with E-state index in [1.54, 1.807) is 7.11 Å². The normalized spacial score (nSPS) is 23.9. The van der Waals surface area contributed by atoms with Gasteiger partial charge in [0.15, 0.2) is 4.77 Å². The van der Waals surface area contributed by atoms with E-state index in [2.05, 4.69) is 15.6 Å². The van der Waals surface area contributed by atoms with Gasteiger partial charge in [0.2, 0.25) is 0 Å². The number of aromatic nitrogens is 2. The minimum atomic E-state index is 0.348. The minimum Gasteiger partial charge on any atom is -0.381 e. The van der Waals surface area contributed by atoms with Crippen molar-refractivity contribution in [3.63, 3.8) is 0 Å². The van der Waals surface area contributed by atoms with Gasteiger partial charge in [0.25, 0.3) is 0 Å². The van der Waals surface area contributed by atoms with Crippen LogP contribution >= 0.6 is 23.8 Å². The number of hydrogen-bond donors (Lipinski definition) is 1. The molecule has 2 unspecified atom stereocenters. The van der Waals surface area contributed by atoms with Gasteiger partial charge in [0.1, 0.15) is 0 Å². The maximum Gasteiger partial charge on any atom is 0.178 e. The Kier molecular flexibility index (Phi) is 3.18. The summed E-state index contributed by atoms with van der Waals surface area (Å²) in [5, 5.41) is 0.721. The molecule has 0 spiro atoms. The molecule has 1 saturated carbocycles. The Morgan fingerprint density at radius 1 is 1.44 bits per heavy atom. The lowest BCUT2D eigenvalue weighted by molar-refractivity contribution is 0.106. The summed E-state index contributed by atoms with van der Waals surface area (Å²) in [6, 6.07) is 6.32. The number of imidazole rings is 1. The second kappa shape index (κ2) is 4.68. The van der Waals surface area contributed by atoms with Crippen molar-refractivity contribution in [1.82, 2.24) is 9.55 Å². The molecular weight excluding hydrogens is 268 g/mol. The Morgan fingerprint density at radius 2 is 2.28 bits per heavy atom. The van der Waals surface area contributed by atoms with Crippen LogP contribution in [0, 0.1) is 4.77 Å². The Labute approximate surface area is 116 Å². The van der Waals surface area contributed by atoms with Gasteiger partial charge in [-0.05, 0) is 43.6 Å². The molecule has 1 fully saturated rings. The fourth-order valence-corrected chi connectivity index (χ4v) is 3.41. The Bertz CT molecular complexity index is 633. The Hall–Kier alpha value is -0.840.